The first-order valence-electron chi connectivity index (χ1n) is 7.26. The minimum atomic E-state index is -0.547. The highest BCUT2D eigenvalue weighted by atomic mass is 16.6. The van der Waals surface area contributed by atoms with Crippen LogP contribution in [0.3, 0.4) is 0 Å². The number of Topliss-reactive ketones (excluding diaryl/α,β-unsaturated/α-hetero) is 1. The van der Waals surface area contributed by atoms with Crippen molar-refractivity contribution in [1.82, 2.24) is 15.3 Å². The molecule has 1 aromatic heterocycles. The summed E-state index contributed by atoms with van der Waals surface area (Å²) in [5, 5.41) is 2.63. The second kappa shape index (κ2) is 6.78. The first-order chi connectivity index (χ1) is 10.8. The Hall–Kier alpha value is -2.41. The number of ether oxygens (including phenoxy) is 2. The van der Waals surface area contributed by atoms with E-state index in [1.54, 1.807) is 39.0 Å². The number of aromatic nitrogens is 2. The van der Waals surface area contributed by atoms with Crippen LogP contribution in [-0.2, 0) is 16.0 Å². The molecule has 0 fully saturated rings. The molecule has 1 aromatic carbocycles. The monoisotopic (exact) mass is 319 g/mol. The molecule has 1 amide bonds. The summed E-state index contributed by atoms with van der Waals surface area (Å²) >= 11 is 0. The number of carbonyl (C=O) groups is 2. The van der Waals surface area contributed by atoms with Gasteiger partial charge in [0, 0.05) is 12.7 Å². The Labute approximate surface area is 134 Å². The molecule has 0 radical (unpaired) electrons. The van der Waals surface area contributed by atoms with Gasteiger partial charge >= 0.3 is 6.09 Å². The van der Waals surface area contributed by atoms with Crippen LogP contribution >= 0.6 is 0 Å². The van der Waals surface area contributed by atoms with E-state index in [0.717, 1.165) is 11.0 Å². The molecule has 2 N–H and O–H groups in total. The van der Waals surface area contributed by atoms with Gasteiger partial charge in [0.25, 0.3) is 0 Å². The smallest absolute Gasteiger partial charge is 0.408 e. The number of hydrogen-bond donors (Lipinski definition) is 2. The fourth-order valence-electron chi connectivity index (χ4n) is 2.00. The van der Waals surface area contributed by atoms with Crippen LogP contribution in [0.2, 0.25) is 0 Å². The highest BCUT2D eigenvalue weighted by Gasteiger charge is 2.16. The average Bonchev–Trinajstić information content (AvgIpc) is 2.85. The molecule has 0 aliphatic carbocycles. The summed E-state index contributed by atoms with van der Waals surface area (Å²) in [6.45, 7) is 5.64. The van der Waals surface area contributed by atoms with Crippen LogP contribution in [0.5, 0.6) is 0 Å². The number of imidazole rings is 1. The van der Waals surface area contributed by atoms with Crippen molar-refractivity contribution in [3.63, 3.8) is 0 Å². The number of aromatic amines is 1. The molecule has 2 rings (SSSR count). The van der Waals surface area contributed by atoms with Gasteiger partial charge in [-0.05, 0) is 39.0 Å². The van der Waals surface area contributed by atoms with E-state index in [1.165, 1.54) is 7.11 Å². The van der Waals surface area contributed by atoms with Crippen LogP contribution in [0.25, 0.3) is 11.0 Å². The van der Waals surface area contributed by atoms with E-state index in [4.69, 9.17) is 9.47 Å². The molecule has 7 nitrogen and oxygen atoms in total. The maximum atomic E-state index is 11.8. The molecule has 0 saturated carbocycles. The average molecular weight is 319 g/mol. The predicted molar refractivity (Wildman–Crippen MR) is 85.4 cm³/mol. The lowest BCUT2D eigenvalue weighted by molar-refractivity contribution is 0.0522. The standard InChI is InChI=1S/C16H21N3O4/c1-16(2,3)23-15(21)17-8-14-18-11-6-5-10(7-12(11)19-14)13(20)9-22-4/h5-7H,8-9H2,1-4H3,(H,17,21)(H,18,19). The number of hydrogen-bond acceptors (Lipinski definition) is 5. The van der Waals surface area contributed by atoms with Gasteiger partial charge in [0.15, 0.2) is 5.78 Å². The molecular weight excluding hydrogens is 298 g/mol. The van der Waals surface area contributed by atoms with Crippen molar-refractivity contribution in [2.45, 2.75) is 32.9 Å². The highest BCUT2D eigenvalue weighted by molar-refractivity contribution is 5.99. The maximum absolute atomic E-state index is 11.8. The van der Waals surface area contributed by atoms with Crippen molar-refractivity contribution in [3.05, 3.63) is 29.6 Å². The normalized spacial score (nSPS) is 11.5. The summed E-state index contributed by atoms with van der Waals surface area (Å²) in [4.78, 5) is 30.9. The zero-order valence-electron chi connectivity index (χ0n) is 13.7. The van der Waals surface area contributed by atoms with Gasteiger partial charge in [-0.25, -0.2) is 9.78 Å². The topological polar surface area (TPSA) is 93.3 Å². The molecule has 0 aliphatic rings. The Kier molecular flexibility index (Phi) is 5.00. The van der Waals surface area contributed by atoms with Gasteiger partial charge in [-0.15, -0.1) is 0 Å². The lowest BCUT2D eigenvalue weighted by atomic mass is 10.1. The third-order valence-electron chi connectivity index (χ3n) is 2.93. The van der Waals surface area contributed by atoms with Crippen molar-refractivity contribution < 1.29 is 19.1 Å². The summed E-state index contributed by atoms with van der Waals surface area (Å²) in [6, 6.07) is 5.18. The SMILES string of the molecule is COCC(=O)c1ccc2nc(CNC(=O)OC(C)(C)C)[nH]c2c1. The van der Waals surface area contributed by atoms with Crippen molar-refractivity contribution in [2.75, 3.05) is 13.7 Å². The molecule has 1 heterocycles. The molecular formula is C16H21N3O4. The molecule has 7 heteroatoms. The summed E-state index contributed by atoms with van der Waals surface area (Å²) in [5.41, 5.74) is 1.46. The third kappa shape index (κ3) is 4.79. The van der Waals surface area contributed by atoms with E-state index in [-0.39, 0.29) is 18.9 Å². The Bertz CT molecular complexity index is 716. The van der Waals surface area contributed by atoms with E-state index < -0.39 is 11.7 Å². The first-order valence-corrected chi connectivity index (χ1v) is 7.26. The lowest BCUT2D eigenvalue weighted by Crippen LogP contribution is -2.32. The van der Waals surface area contributed by atoms with Gasteiger partial charge in [-0.2, -0.15) is 0 Å². The van der Waals surface area contributed by atoms with Gasteiger partial charge in [0.2, 0.25) is 0 Å². The molecule has 0 unspecified atom stereocenters. The van der Waals surface area contributed by atoms with Gasteiger partial charge in [0.1, 0.15) is 18.0 Å². The molecule has 2 aromatic rings. The fraction of sp³-hybridized carbons (Fsp3) is 0.438. The molecule has 0 saturated heterocycles. The highest BCUT2D eigenvalue weighted by Crippen LogP contribution is 2.15. The van der Waals surface area contributed by atoms with Crippen molar-refractivity contribution in [1.29, 1.82) is 0 Å². The number of nitrogens with one attached hydrogen (secondary N) is 2. The zero-order valence-corrected chi connectivity index (χ0v) is 13.7. The van der Waals surface area contributed by atoms with Gasteiger partial charge in [-0.3, -0.25) is 4.79 Å². The second-order valence-electron chi connectivity index (χ2n) is 6.13. The van der Waals surface area contributed by atoms with Gasteiger partial charge in [0.05, 0.1) is 17.6 Å². The minimum absolute atomic E-state index is 0.0344. The minimum Gasteiger partial charge on any atom is -0.444 e. The molecule has 0 spiro atoms. The number of H-pyrrole nitrogens is 1. The second-order valence-corrected chi connectivity index (χ2v) is 6.13. The number of alkyl carbamates (subject to hydrolysis) is 1. The van der Waals surface area contributed by atoms with Crippen LogP contribution in [0.4, 0.5) is 4.79 Å². The van der Waals surface area contributed by atoms with Crippen LogP contribution < -0.4 is 5.32 Å². The van der Waals surface area contributed by atoms with Crippen molar-refractivity contribution >= 4 is 22.9 Å². The summed E-state index contributed by atoms with van der Waals surface area (Å²) < 4.78 is 10.0. The first kappa shape index (κ1) is 17.0. The van der Waals surface area contributed by atoms with Gasteiger partial charge in [-0.1, -0.05) is 0 Å². The Morgan fingerprint density at radius 3 is 2.70 bits per heavy atom. The van der Waals surface area contributed by atoms with Crippen LogP contribution in [-0.4, -0.2) is 41.2 Å². The van der Waals surface area contributed by atoms with Crippen LogP contribution in [0, 0.1) is 0 Å². The van der Waals surface area contributed by atoms with Crippen molar-refractivity contribution in [2.24, 2.45) is 0 Å². The zero-order chi connectivity index (χ0) is 17.0. The van der Waals surface area contributed by atoms with Crippen LogP contribution in [0.15, 0.2) is 18.2 Å². The number of nitrogens with zero attached hydrogens (tertiary/aromatic N) is 1. The number of carbonyl (C=O) groups excluding carboxylic acids is 2. The van der Waals surface area contributed by atoms with E-state index in [1.807, 2.05) is 0 Å². The summed E-state index contributed by atoms with van der Waals surface area (Å²) in [6.07, 6.45) is -0.506. The number of benzene rings is 1. The van der Waals surface area contributed by atoms with Crippen molar-refractivity contribution in [3.8, 4) is 0 Å². The van der Waals surface area contributed by atoms with E-state index in [2.05, 4.69) is 15.3 Å². The van der Waals surface area contributed by atoms with Gasteiger partial charge < -0.3 is 19.8 Å². The third-order valence-corrected chi connectivity index (χ3v) is 2.93. The number of amides is 1. The maximum Gasteiger partial charge on any atom is 0.408 e. The molecule has 0 aliphatic heterocycles. The Morgan fingerprint density at radius 1 is 1.30 bits per heavy atom. The summed E-state index contributed by atoms with van der Waals surface area (Å²) in [7, 11) is 1.48. The number of methoxy groups -OCH3 is 1. The van der Waals surface area contributed by atoms with E-state index in [9.17, 15) is 9.59 Å². The number of ketones is 1. The Balaban J connectivity index is 2.05. The molecule has 124 valence electrons. The summed E-state index contributed by atoms with van der Waals surface area (Å²) in [5.74, 6) is 0.486. The number of rotatable bonds is 5. The van der Waals surface area contributed by atoms with E-state index in [0.29, 0.717) is 11.4 Å². The molecule has 23 heavy (non-hydrogen) atoms. The fourth-order valence-corrected chi connectivity index (χ4v) is 2.00. The lowest BCUT2D eigenvalue weighted by Gasteiger charge is -2.19. The van der Waals surface area contributed by atoms with E-state index >= 15 is 0 Å². The largest absolute Gasteiger partial charge is 0.444 e. The molecule has 0 bridgehead atoms. The number of fused-ring (bicyclic) bond motifs is 1. The Morgan fingerprint density at radius 2 is 2.04 bits per heavy atom. The predicted octanol–water partition coefficient (Wildman–Crippen LogP) is 2.42. The van der Waals surface area contributed by atoms with Crippen LogP contribution in [0.1, 0.15) is 37.0 Å². The quantitative estimate of drug-likeness (QED) is 0.826. The molecule has 0 atom stereocenters.